The number of hydrogen-bond acceptors (Lipinski definition) is 1. The predicted octanol–water partition coefficient (Wildman–Crippen LogP) is 2.66. The lowest BCUT2D eigenvalue weighted by atomic mass is 9.91. The Labute approximate surface area is 87.1 Å². The van der Waals surface area contributed by atoms with Crippen LogP contribution >= 0.6 is 0 Å². The highest BCUT2D eigenvalue weighted by atomic mass is 19.3. The summed E-state index contributed by atoms with van der Waals surface area (Å²) in [6.07, 6.45) is -2.83. The van der Waals surface area contributed by atoms with Crippen LogP contribution in [0.5, 0.6) is 0 Å². The zero-order chi connectivity index (χ0) is 11.6. The minimum Gasteiger partial charge on any atom is -0.320 e. The van der Waals surface area contributed by atoms with Crippen LogP contribution in [0.25, 0.3) is 0 Å². The molecule has 0 saturated carbocycles. The number of alkyl halides is 2. The highest BCUT2D eigenvalue weighted by Crippen LogP contribution is 2.22. The first-order chi connectivity index (χ1) is 6.84. The van der Waals surface area contributed by atoms with Gasteiger partial charge in [-0.25, -0.2) is 13.2 Å². The third kappa shape index (κ3) is 2.72. The molecule has 0 amide bonds. The van der Waals surface area contributed by atoms with E-state index >= 15 is 0 Å². The van der Waals surface area contributed by atoms with Gasteiger partial charge >= 0.3 is 0 Å². The molecular weight excluding hydrogens is 203 g/mol. The zero-order valence-corrected chi connectivity index (χ0v) is 8.73. The van der Waals surface area contributed by atoms with E-state index in [4.69, 9.17) is 5.73 Å². The first kappa shape index (κ1) is 12.0. The number of hydrogen-bond donors (Lipinski definition) is 1. The van der Waals surface area contributed by atoms with Crippen molar-refractivity contribution in [2.45, 2.75) is 32.2 Å². The fraction of sp³-hybridized carbons (Fsp3) is 0.455. The van der Waals surface area contributed by atoms with Crippen LogP contribution in [0.3, 0.4) is 0 Å². The van der Waals surface area contributed by atoms with Gasteiger partial charge in [0.05, 0.1) is 5.54 Å². The third-order valence-electron chi connectivity index (χ3n) is 2.41. The van der Waals surface area contributed by atoms with Gasteiger partial charge in [-0.05, 0) is 37.5 Å². The van der Waals surface area contributed by atoms with Gasteiger partial charge in [-0.2, -0.15) is 0 Å². The number of rotatable bonds is 3. The Morgan fingerprint density at radius 3 is 2.47 bits per heavy atom. The van der Waals surface area contributed by atoms with Gasteiger partial charge in [0.2, 0.25) is 0 Å². The second kappa shape index (κ2) is 4.23. The second-order valence-corrected chi connectivity index (χ2v) is 4.02. The van der Waals surface area contributed by atoms with Crippen LogP contribution in [-0.2, 0) is 6.42 Å². The molecule has 0 saturated heterocycles. The molecule has 0 aliphatic heterocycles. The minimum atomic E-state index is -2.67. The van der Waals surface area contributed by atoms with Gasteiger partial charge < -0.3 is 5.73 Å². The molecule has 15 heavy (non-hydrogen) atoms. The lowest BCUT2D eigenvalue weighted by Crippen LogP contribution is -2.46. The molecule has 0 bridgehead atoms. The number of halogens is 3. The van der Waals surface area contributed by atoms with E-state index in [1.165, 1.54) is 13.0 Å². The third-order valence-corrected chi connectivity index (χ3v) is 2.41. The monoisotopic (exact) mass is 217 g/mol. The molecular formula is C11H14F3N. The Bertz CT molecular complexity index is 327. The van der Waals surface area contributed by atoms with Gasteiger partial charge in [0, 0.05) is 0 Å². The van der Waals surface area contributed by atoms with E-state index in [-0.39, 0.29) is 12.0 Å². The first-order valence-electron chi connectivity index (χ1n) is 4.65. The van der Waals surface area contributed by atoms with Crippen molar-refractivity contribution in [1.29, 1.82) is 0 Å². The molecule has 1 atom stereocenters. The molecule has 0 aliphatic carbocycles. The maximum absolute atomic E-state index is 13.3. The van der Waals surface area contributed by atoms with Crippen molar-refractivity contribution in [1.82, 2.24) is 0 Å². The minimum absolute atomic E-state index is 0.164. The van der Waals surface area contributed by atoms with E-state index in [0.717, 1.165) is 0 Å². The van der Waals surface area contributed by atoms with Crippen LogP contribution < -0.4 is 5.73 Å². The molecule has 0 fully saturated rings. The number of benzene rings is 1. The molecule has 1 aromatic carbocycles. The van der Waals surface area contributed by atoms with E-state index in [2.05, 4.69) is 0 Å². The van der Waals surface area contributed by atoms with E-state index in [0.29, 0.717) is 5.56 Å². The Kier molecular flexibility index (Phi) is 3.39. The summed E-state index contributed by atoms with van der Waals surface area (Å²) in [5.41, 5.74) is 4.64. The van der Waals surface area contributed by atoms with Gasteiger partial charge in [0.15, 0.2) is 0 Å². The summed E-state index contributed by atoms with van der Waals surface area (Å²) >= 11 is 0. The Morgan fingerprint density at radius 2 is 2.00 bits per heavy atom. The lowest BCUT2D eigenvalue weighted by molar-refractivity contribution is 0.0634. The van der Waals surface area contributed by atoms with Crippen molar-refractivity contribution in [2.75, 3.05) is 0 Å². The van der Waals surface area contributed by atoms with Crippen molar-refractivity contribution < 1.29 is 13.2 Å². The molecule has 1 aromatic rings. The van der Waals surface area contributed by atoms with Gasteiger partial charge in [-0.15, -0.1) is 0 Å². The summed E-state index contributed by atoms with van der Waals surface area (Å²) in [5, 5.41) is 0. The quantitative estimate of drug-likeness (QED) is 0.827. The second-order valence-electron chi connectivity index (χ2n) is 4.02. The fourth-order valence-corrected chi connectivity index (χ4v) is 1.35. The Morgan fingerprint density at radius 1 is 1.40 bits per heavy atom. The topological polar surface area (TPSA) is 26.0 Å². The molecule has 4 heteroatoms. The standard InChI is InChI=1S/C11H14F3N/c1-7-4-3-5-9(12)8(7)6-11(2,15)10(13)14/h3-5,10H,6,15H2,1-2H3. The maximum atomic E-state index is 13.3. The highest BCUT2D eigenvalue weighted by molar-refractivity contribution is 5.29. The smallest absolute Gasteiger partial charge is 0.256 e. The summed E-state index contributed by atoms with van der Waals surface area (Å²) in [6, 6.07) is 4.48. The Hall–Kier alpha value is -1.03. The SMILES string of the molecule is Cc1cccc(F)c1CC(C)(N)C(F)F. The summed E-state index contributed by atoms with van der Waals surface area (Å²) in [6.45, 7) is 2.91. The van der Waals surface area contributed by atoms with Gasteiger partial charge in [-0.3, -0.25) is 0 Å². The predicted molar refractivity (Wildman–Crippen MR) is 53.4 cm³/mol. The summed E-state index contributed by atoms with van der Waals surface area (Å²) in [7, 11) is 0. The van der Waals surface area contributed by atoms with E-state index in [9.17, 15) is 13.2 Å². The molecule has 0 heterocycles. The fourth-order valence-electron chi connectivity index (χ4n) is 1.35. The van der Waals surface area contributed by atoms with Crippen LogP contribution in [0.4, 0.5) is 13.2 Å². The van der Waals surface area contributed by atoms with Gasteiger partial charge in [-0.1, -0.05) is 12.1 Å². The number of aryl methyl sites for hydroxylation is 1. The average molecular weight is 217 g/mol. The summed E-state index contributed by atoms with van der Waals surface area (Å²) in [4.78, 5) is 0. The normalized spacial score (nSPS) is 15.4. The van der Waals surface area contributed by atoms with Crippen LogP contribution in [0, 0.1) is 12.7 Å². The molecule has 1 unspecified atom stereocenters. The summed E-state index contributed by atoms with van der Waals surface area (Å²) in [5.74, 6) is -0.479. The van der Waals surface area contributed by atoms with Crippen molar-refractivity contribution in [3.8, 4) is 0 Å². The van der Waals surface area contributed by atoms with Gasteiger partial charge in [0.1, 0.15) is 5.82 Å². The average Bonchev–Trinajstić information content (AvgIpc) is 2.11. The molecule has 0 aliphatic rings. The van der Waals surface area contributed by atoms with E-state index in [1.807, 2.05) is 0 Å². The van der Waals surface area contributed by atoms with E-state index < -0.39 is 17.8 Å². The van der Waals surface area contributed by atoms with Crippen LogP contribution in [0.1, 0.15) is 18.1 Å². The molecule has 1 nitrogen and oxygen atoms in total. The molecule has 0 spiro atoms. The van der Waals surface area contributed by atoms with Crippen LogP contribution in [-0.4, -0.2) is 12.0 Å². The highest BCUT2D eigenvalue weighted by Gasteiger charge is 2.31. The molecule has 2 N–H and O–H groups in total. The lowest BCUT2D eigenvalue weighted by Gasteiger charge is -2.24. The van der Waals surface area contributed by atoms with Crippen molar-refractivity contribution >= 4 is 0 Å². The first-order valence-corrected chi connectivity index (χ1v) is 4.65. The largest absolute Gasteiger partial charge is 0.320 e. The van der Waals surface area contributed by atoms with Crippen LogP contribution in [0.15, 0.2) is 18.2 Å². The van der Waals surface area contributed by atoms with E-state index in [1.54, 1.807) is 19.1 Å². The maximum Gasteiger partial charge on any atom is 0.256 e. The van der Waals surface area contributed by atoms with Crippen LogP contribution in [0.2, 0.25) is 0 Å². The van der Waals surface area contributed by atoms with Crippen molar-refractivity contribution in [3.63, 3.8) is 0 Å². The molecule has 0 aromatic heterocycles. The van der Waals surface area contributed by atoms with Crippen molar-refractivity contribution in [3.05, 3.63) is 35.1 Å². The molecule has 1 rings (SSSR count). The Balaban J connectivity index is 2.99. The molecule has 0 radical (unpaired) electrons. The molecule has 84 valence electrons. The van der Waals surface area contributed by atoms with Gasteiger partial charge in [0.25, 0.3) is 6.43 Å². The zero-order valence-electron chi connectivity index (χ0n) is 8.73. The van der Waals surface area contributed by atoms with Crippen molar-refractivity contribution in [2.24, 2.45) is 5.73 Å². The number of nitrogens with two attached hydrogens (primary N) is 1. The summed E-state index contributed by atoms with van der Waals surface area (Å²) < 4.78 is 38.4.